The third kappa shape index (κ3) is 3.65. The molecule has 3 nitrogen and oxygen atoms in total. The van der Waals surface area contributed by atoms with E-state index < -0.39 is 24.5 Å². The summed E-state index contributed by atoms with van der Waals surface area (Å²) in [5.41, 5.74) is 0.301. The number of methoxy groups -OCH3 is 1. The van der Waals surface area contributed by atoms with Gasteiger partial charge in [0.2, 0.25) is 0 Å². The summed E-state index contributed by atoms with van der Waals surface area (Å²) in [4.78, 5) is 10.5. The Balaban J connectivity index is 2.83. The van der Waals surface area contributed by atoms with Crippen molar-refractivity contribution in [2.45, 2.75) is 12.6 Å². The lowest BCUT2D eigenvalue weighted by Gasteiger charge is -2.16. The van der Waals surface area contributed by atoms with Gasteiger partial charge in [-0.05, 0) is 24.1 Å². The molecule has 1 rings (SSSR count). The number of aliphatic carboxylic acids is 1. The first kappa shape index (κ1) is 13.3. The van der Waals surface area contributed by atoms with Crippen LogP contribution in [0.3, 0.4) is 0 Å². The zero-order valence-electron chi connectivity index (χ0n) is 8.99. The van der Waals surface area contributed by atoms with Crippen molar-refractivity contribution >= 4 is 5.97 Å². The molecule has 1 N–H and O–H groups in total. The van der Waals surface area contributed by atoms with Crippen molar-refractivity contribution in [2.75, 3.05) is 7.11 Å². The second-order valence-electron chi connectivity index (χ2n) is 3.48. The maximum Gasteiger partial charge on any atom is 0.402 e. The number of rotatable bonds is 4. The minimum Gasteiger partial charge on any atom is -0.497 e. The van der Waals surface area contributed by atoms with Gasteiger partial charge in [-0.25, -0.2) is 0 Å². The van der Waals surface area contributed by atoms with Gasteiger partial charge in [-0.1, -0.05) is 12.1 Å². The van der Waals surface area contributed by atoms with Crippen LogP contribution in [0.15, 0.2) is 24.3 Å². The fourth-order valence-electron chi connectivity index (χ4n) is 1.34. The van der Waals surface area contributed by atoms with Gasteiger partial charge in [-0.3, -0.25) is 4.79 Å². The Bertz CT molecular complexity index is 384. The van der Waals surface area contributed by atoms with Crippen LogP contribution in [0.25, 0.3) is 0 Å². The molecule has 1 atom stereocenters. The number of carbonyl (C=O) groups is 1. The first-order chi connectivity index (χ1) is 7.84. The van der Waals surface area contributed by atoms with E-state index in [0.717, 1.165) is 0 Å². The summed E-state index contributed by atoms with van der Waals surface area (Å²) in [6.45, 7) is 0. The van der Waals surface area contributed by atoms with Crippen molar-refractivity contribution < 1.29 is 27.8 Å². The number of benzene rings is 1. The van der Waals surface area contributed by atoms with Gasteiger partial charge in [0.15, 0.2) is 5.92 Å². The molecule has 0 radical (unpaired) electrons. The minimum absolute atomic E-state index is 0.301. The highest BCUT2D eigenvalue weighted by atomic mass is 19.4. The van der Waals surface area contributed by atoms with Gasteiger partial charge in [0.1, 0.15) is 5.75 Å². The average molecular weight is 248 g/mol. The van der Waals surface area contributed by atoms with Crippen LogP contribution in [0.2, 0.25) is 0 Å². The van der Waals surface area contributed by atoms with E-state index in [1.165, 1.54) is 31.4 Å². The van der Waals surface area contributed by atoms with E-state index >= 15 is 0 Å². The number of ether oxygens (including phenoxy) is 1. The summed E-state index contributed by atoms with van der Waals surface area (Å²) in [5, 5.41) is 8.53. The minimum atomic E-state index is -4.74. The fraction of sp³-hybridized carbons (Fsp3) is 0.364. The Labute approximate surface area is 95.8 Å². The molecule has 0 aliphatic rings. The van der Waals surface area contributed by atoms with Crippen molar-refractivity contribution in [1.82, 2.24) is 0 Å². The molecule has 0 amide bonds. The summed E-state index contributed by atoms with van der Waals surface area (Å²) in [6.07, 6.45) is -5.32. The summed E-state index contributed by atoms with van der Waals surface area (Å²) < 4.78 is 42.0. The molecule has 17 heavy (non-hydrogen) atoms. The van der Waals surface area contributed by atoms with Crippen LogP contribution in [0, 0.1) is 5.92 Å². The molecular weight excluding hydrogens is 237 g/mol. The number of carboxylic acids is 1. The number of halogens is 3. The molecule has 0 aromatic heterocycles. The first-order valence-electron chi connectivity index (χ1n) is 4.77. The number of hydrogen-bond acceptors (Lipinski definition) is 2. The van der Waals surface area contributed by atoms with E-state index in [0.29, 0.717) is 11.3 Å². The van der Waals surface area contributed by atoms with Crippen molar-refractivity contribution in [2.24, 2.45) is 5.92 Å². The molecule has 0 fully saturated rings. The summed E-state index contributed by atoms with van der Waals surface area (Å²) in [6, 6.07) is 5.82. The molecule has 0 unspecified atom stereocenters. The topological polar surface area (TPSA) is 46.5 Å². The largest absolute Gasteiger partial charge is 0.497 e. The molecule has 0 saturated carbocycles. The van der Waals surface area contributed by atoms with Crippen molar-refractivity contribution in [3.63, 3.8) is 0 Å². The molecule has 6 heteroatoms. The first-order valence-corrected chi connectivity index (χ1v) is 4.77. The normalized spacial score (nSPS) is 13.2. The van der Waals surface area contributed by atoms with E-state index in [9.17, 15) is 18.0 Å². The highest BCUT2D eigenvalue weighted by Gasteiger charge is 2.44. The predicted octanol–water partition coefficient (Wildman–Crippen LogP) is 2.50. The zero-order chi connectivity index (χ0) is 13.1. The van der Waals surface area contributed by atoms with Crippen LogP contribution >= 0.6 is 0 Å². The quantitative estimate of drug-likeness (QED) is 0.890. The van der Waals surface area contributed by atoms with E-state index in [-0.39, 0.29) is 0 Å². The molecule has 1 aromatic rings. The van der Waals surface area contributed by atoms with E-state index in [1.54, 1.807) is 0 Å². The zero-order valence-corrected chi connectivity index (χ0v) is 8.99. The molecule has 0 aliphatic carbocycles. The van der Waals surface area contributed by atoms with Crippen molar-refractivity contribution in [1.29, 1.82) is 0 Å². The standard InChI is InChI=1S/C11H11F3O3/c1-17-8-4-2-7(3-5-8)6-9(10(15)16)11(12,13)14/h2-5,9H,6H2,1H3,(H,15,16)/t9-/m1/s1. The Morgan fingerprint density at radius 1 is 1.35 bits per heavy atom. The smallest absolute Gasteiger partial charge is 0.402 e. The molecule has 0 spiro atoms. The third-order valence-corrected chi connectivity index (χ3v) is 2.29. The maximum atomic E-state index is 12.4. The lowest BCUT2D eigenvalue weighted by molar-refractivity contribution is -0.193. The second kappa shape index (κ2) is 5.07. The van der Waals surface area contributed by atoms with Gasteiger partial charge in [0, 0.05) is 0 Å². The van der Waals surface area contributed by atoms with Gasteiger partial charge in [0.25, 0.3) is 0 Å². The van der Waals surface area contributed by atoms with E-state index in [2.05, 4.69) is 0 Å². The van der Waals surface area contributed by atoms with E-state index in [4.69, 9.17) is 9.84 Å². The molecule has 94 valence electrons. The molecule has 0 bridgehead atoms. The molecule has 0 saturated heterocycles. The summed E-state index contributed by atoms with van der Waals surface area (Å²) in [7, 11) is 1.44. The van der Waals surface area contributed by atoms with Crippen LogP contribution in [0.1, 0.15) is 5.56 Å². The number of hydrogen-bond donors (Lipinski definition) is 1. The van der Waals surface area contributed by atoms with Gasteiger partial charge >= 0.3 is 12.1 Å². The number of carboxylic acid groups (broad SMARTS) is 1. The monoisotopic (exact) mass is 248 g/mol. The predicted molar refractivity (Wildman–Crippen MR) is 53.9 cm³/mol. The van der Waals surface area contributed by atoms with Crippen LogP contribution < -0.4 is 4.74 Å². The molecule has 0 heterocycles. The van der Waals surface area contributed by atoms with Crippen molar-refractivity contribution in [3.8, 4) is 5.75 Å². The van der Waals surface area contributed by atoms with Gasteiger partial charge in [-0.15, -0.1) is 0 Å². The lowest BCUT2D eigenvalue weighted by atomic mass is 9.99. The Morgan fingerprint density at radius 3 is 2.24 bits per heavy atom. The Hall–Kier alpha value is -1.72. The third-order valence-electron chi connectivity index (χ3n) is 2.29. The molecular formula is C11H11F3O3. The fourth-order valence-corrected chi connectivity index (χ4v) is 1.34. The van der Waals surface area contributed by atoms with Crippen LogP contribution in [0.5, 0.6) is 5.75 Å². The average Bonchev–Trinajstić information content (AvgIpc) is 2.24. The number of alkyl halides is 3. The lowest BCUT2D eigenvalue weighted by Crippen LogP contribution is -2.32. The highest BCUT2D eigenvalue weighted by molar-refractivity contribution is 5.71. The second-order valence-corrected chi connectivity index (χ2v) is 3.48. The summed E-state index contributed by atoms with van der Waals surface area (Å²) in [5.74, 6) is -3.74. The van der Waals surface area contributed by atoms with Crippen LogP contribution in [0.4, 0.5) is 13.2 Å². The van der Waals surface area contributed by atoms with Gasteiger partial charge in [0.05, 0.1) is 7.11 Å². The van der Waals surface area contributed by atoms with Crippen molar-refractivity contribution in [3.05, 3.63) is 29.8 Å². The van der Waals surface area contributed by atoms with Crippen LogP contribution in [-0.4, -0.2) is 24.4 Å². The molecule has 0 aliphatic heterocycles. The maximum absolute atomic E-state index is 12.4. The van der Waals surface area contributed by atoms with Crippen LogP contribution in [-0.2, 0) is 11.2 Å². The SMILES string of the molecule is COc1ccc(C[C@H](C(=O)O)C(F)(F)F)cc1. The summed E-state index contributed by atoms with van der Waals surface area (Å²) >= 11 is 0. The highest BCUT2D eigenvalue weighted by Crippen LogP contribution is 2.29. The van der Waals surface area contributed by atoms with Gasteiger partial charge in [-0.2, -0.15) is 13.2 Å². The Kier molecular flexibility index (Phi) is 3.98. The van der Waals surface area contributed by atoms with Gasteiger partial charge < -0.3 is 9.84 Å². The Morgan fingerprint density at radius 2 is 1.88 bits per heavy atom. The molecule has 1 aromatic carbocycles. The van der Waals surface area contributed by atoms with E-state index in [1.807, 2.05) is 0 Å².